The maximum absolute atomic E-state index is 10.8. The van der Waals surface area contributed by atoms with Crippen molar-refractivity contribution in [1.29, 1.82) is 0 Å². The van der Waals surface area contributed by atoms with E-state index in [4.69, 9.17) is 0 Å². The minimum atomic E-state index is -0.435. The first-order chi connectivity index (χ1) is 7.83. The van der Waals surface area contributed by atoms with Gasteiger partial charge in [-0.2, -0.15) is 0 Å². The molecule has 0 radical (unpaired) electrons. The fourth-order valence-electron chi connectivity index (χ4n) is 1.53. The average molecular weight is 220 g/mol. The van der Waals surface area contributed by atoms with E-state index >= 15 is 0 Å². The molecule has 3 nitrogen and oxygen atoms in total. The molecule has 0 saturated carbocycles. The second-order valence-corrected chi connectivity index (χ2v) is 3.63. The summed E-state index contributed by atoms with van der Waals surface area (Å²) in [5.41, 5.74) is 1.32. The zero-order valence-corrected chi connectivity index (χ0v) is 9.22. The predicted octanol–water partition coefficient (Wildman–Crippen LogP) is 2.49. The van der Waals surface area contributed by atoms with Crippen LogP contribution in [-0.2, 0) is 20.7 Å². The molecule has 0 spiro atoms. The summed E-state index contributed by atoms with van der Waals surface area (Å²) in [6, 6.07) is 10.2. The van der Waals surface area contributed by atoms with Crippen molar-refractivity contribution in [2.45, 2.75) is 32.1 Å². The van der Waals surface area contributed by atoms with Crippen molar-refractivity contribution in [3.8, 4) is 0 Å². The van der Waals surface area contributed by atoms with E-state index in [2.05, 4.69) is 16.9 Å². The Labute approximate surface area is 95.4 Å². The molecule has 0 aliphatic carbocycles. The number of benzene rings is 1. The monoisotopic (exact) mass is 220 g/mol. The number of ether oxygens (including phenoxy) is 1. The zero-order valence-electron chi connectivity index (χ0n) is 9.22. The molecule has 16 heavy (non-hydrogen) atoms. The molecule has 0 aliphatic rings. The average Bonchev–Trinajstić information content (AvgIpc) is 2.30. The number of carbonyl (C=O) groups is 2. The van der Waals surface area contributed by atoms with Crippen LogP contribution in [0.2, 0.25) is 0 Å². The third-order valence-electron chi connectivity index (χ3n) is 2.37. The van der Waals surface area contributed by atoms with Crippen molar-refractivity contribution in [2.75, 3.05) is 0 Å². The van der Waals surface area contributed by atoms with Gasteiger partial charge >= 0.3 is 12.4 Å². The molecule has 0 atom stereocenters. The predicted molar refractivity (Wildman–Crippen MR) is 60.8 cm³/mol. The van der Waals surface area contributed by atoms with Crippen molar-refractivity contribution >= 4 is 12.4 Å². The molecule has 0 bridgehead atoms. The van der Waals surface area contributed by atoms with E-state index in [1.807, 2.05) is 18.2 Å². The molecule has 1 aromatic rings. The topological polar surface area (TPSA) is 43.4 Å². The van der Waals surface area contributed by atoms with Crippen molar-refractivity contribution in [1.82, 2.24) is 0 Å². The van der Waals surface area contributed by atoms with E-state index in [0.717, 1.165) is 25.7 Å². The number of aryl methyl sites for hydroxylation is 1. The van der Waals surface area contributed by atoms with Gasteiger partial charge in [0.15, 0.2) is 0 Å². The molecule has 3 heteroatoms. The van der Waals surface area contributed by atoms with E-state index in [9.17, 15) is 9.59 Å². The SMILES string of the molecule is O=COC(=O)CCCCCc1ccccc1. The standard InChI is InChI=1S/C13H16O3/c14-11-16-13(15)10-6-2-5-9-12-7-3-1-4-8-12/h1,3-4,7-8,11H,2,5-6,9-10H2. The van der Waals surface area contributed by atoms with Gasteiger partial charge in [0.1, 0.15) is 0 Å². The molecule has 0 heterocycles. The summed E-state index contributed by atoms with van der Waals surface area (Å²) in [7, 11) is 0. The molecule has 0 aliphatic heterocycles. The molecular weight excluding hydrogens is 204 g/mol. The minimum absolute atomic E-state index is 0.187. The van der Waals surface area contributed by atoms with E-state index in [-0.39, 0.29) is 6.47 Å². The van der Waals surface area contributed by atoms with Gasteiger partial charge in [0.05, 0.1) is 0 Å². The molecule has 0 fully saturated rings. The number of carbonyl (C=O) groups excluding carboxylic acids is 2. The quantitative estimate of drug-likeness (QED) is 0.307. The molecule has 0 N–H and O–H groups in total. The van der Waals surface area contributed by atoms with Crippen LogP contribution in [-0.4, -0.2) is 12.4 Å². The van der Waals surface area contributed by atoms with Crippen LogP contribution in [0.5, 0.6) is 0 Å². The Morgan fingerprint density at radius 2 is 1.88 bits per heavy atom. The Hall–Kier alpha value is -1.64. The molecular formula is C13H16O3. The van der Waals surface area contributed by atoms with Crippen LogP contribution in [0.25, 0.3) is 0 Å². The molecule has 0 aromatic heterocycles. The van der Waals surface area contributed by atoms with E-state index < -0.39 is 5.97 Å². The number of hydrogen-bond donors (Lipinski definition) is 0. The van der Waals surface area contributed by atoms with Crippen molar-refractivity contribution in [3.05, 3.63) is 35.9 Å². The van der Waals surface area contributed by atoms with Crippen LogP contribution in [0.3, 0.4) is 0 Å². The summed E-state index contributed by atoms with van der Waals surface area (Å²) in [5, 5.41) is 0. The third kappa shape index (κ3) is 5.29. The second-order valence-electron chi connectivity index (χ2n) is 3.63. The van der Waals surface area contributed by atoms with Crippen molar-refractivity contribution in [2.24, 2.45) is 0 Å². The first kappa shape index (κ1) is 12.4. The number of rotatable bonds is 7. The normalized spacial score (nSPS) is 9.75. The van der Waals surface area contributed by atoms with Gasteiger partial charge in [-0.25, -0.2) is 0 Å². The van der Waals surface area contributed by atoms with Gasteiger partial charge in [0.2, 0.25) is 0 Å². The van der Waals surface area contributed by atoms with Gasteiger partial charge in [-0.15, -0.1) is 0 Å². The molecule has 86 valence electrons. The summed E-state index contributed by atoms with van der Waals surface area (Å²) in [6.07, 6.45) is 4.16. The van der Waals surface area contributed by atoms with Crippen LogP contribution in [0.15, 0.2) is 30.3 Å². The molecule has 1 aromatic carbocycles. The van der Waals surface area contributed by atoms with Crippen LogP contribution < -0.4 is 0 Å². The highest BCUT2D eigenvalue weighted by Crippen LogP contribution is 2.07. The van der Waals surface area contributed by atoms with Gasteiger partial charge in [0.25, 0.3) is 0 Å². The Balaban J connectivity index is 2.04. The summed E-state index contributed by atoms with van der Waals surface area (Å²) < 4.78 is 4.19. The van der Waals surface area contributed by atoms with Gasteiger partial charge in [0, 0.05) is 6.42 Å². The zero-order chi connectivity index (χ0) is 11.6. The maximum Gasteiger partial charge on any atom is 0.313 e. The lowest BCUT2D eigenvalue weighted by molar-refractivity contribution is -0.151. The maximum atomic E-state index is 10.8. The fraction of sp³-hybridized carbons (Fsp3) is 0.385. The lowest BCUT2D eigenvalue weighted by Gasteiger charge is -2.00. The van der Waals surface area contributed by atoms with Gasteiger partial charge in [-0.1, -0.05) is 36.8 Å². The number of unbranched alkanes of at least 4 members (excludes halogenated alkanes) is 2. The molecule has 0 amide bonds. The van der Waals surface area contributed by atoms with Crippen LogP contribution in [0.4, 0.5) is 0 Å². The van der Waals surface area contributed by atoms with Crippen LogP contribution in [0, 0.1) is 0 Å². The van der Waals surface area contributed by atoms with E-state index in [0.29, 0.717) is 6.42 Å². The van der Waals surface area contributed by atoms with E-state index in [1.54, 1.807) is 0 Å². The number of esters is 1. The first-order valence-electron chi connectivity index (χ1n) is 5.50. The Bertz CT molecular complexity index is 319. The first-order valence-corrected chi connectivity index (χ1v) is 5.50. The van der Waals surface area contributed by atoms with E-state index in [1.165, 1.54) is 5.56 Å². The largest absolute Gasteiger partial charge is 0.395 e. The third-order valence-corrected chi connectivity index (χ3v) is 2.37. The van der Waals surface area contributed by atoms with Gasteiger partial charge in [-0.3, -0.25) is 9.59 Å². The van der Waals surface area contributed by atoms with Crippen LogP contribution in [0.1, 0.15) is 31.2 Å². The highest BCUT2D eigenvalue weighted by Gasteiger charge is 2.01. The number of hydrogen-bond acceptors (Lipinski definition) is 3. The summed E-state index contributed by atoms with van der Waals surface area (Å²) in [6.45, 7) is 0.187. The molecule has 0 saturated heterocycles. The van der Waals surface area contributed by atoms with Gasteiger partial charge < -0.3 is 4.74 Å². The minimum Gasteiger partial charge on any atom is -0.395 e. The fourth-order valence-corrected chi connectivity index (χ4v) is 1.53. The lowest BCUT2D eigenvalue weighted by atomic mass is 10.1. The smallest absolute Gasteiger partial charge is 0.313 e. The summed E-state index contributed by atoms with van der Waals surface area (Å²) >= 11 is 0. The Kier molecular flexibility index (Phi) is 5.92. The lowest BCUT2D eigenvalue weighted by Crippen LogP contribution is -2.01. The molecule has 1 rings (SSSR count). The van der Waals surface area contributed by atoms with Crippen molar-refractivity contribution < 1.29 is 14.3 Å². The highest BCUT2D eigenvalue weighted by molar-refractivity contribution is 5.76. The second kappa shape index (κ2) is 7.63. The van der Waals surface area contributed by atoms with Crippen molar-refractivity contribution in [3.63, 3.8) is 0 Å². The highest BCUT2D eigenvalue weighted by atomic mass is 16.6. The van der Waals surface area contributed by atoms with Crippen LogP contribution >= 0.6 is 0 Å². The Morgan fingerprint density at radius 3 is 2.56 bits per heavy atom. The summed E-state index contributed by atoms with van der Waals surface area (Å²) in [4.78, 5) is 20.7. The Morgan fingerprint density at radius 1 is 1.12 bits per heavy atom. The summed E-state index contributed by atoms with van der Waals surface area (Å²) in [5.74, 6) is -0.435. The molecule has 0 unspecified atom stereocenters. The van der Waals surface area contributed by atoms with Gasteiger partial charge in [-0.05, 0) is 24.8 Å².